The van der Waals surface area contributed by atoms with E-state index in [9.17, 15) is 5.11 Å². The highest BCUT2D eigenvalue weighted by molar-refractivity contribution is 4.97. The van der Waals surface area contributed by atoms with Crippen molar-refractivity contribution in [1.82, 2.24) is 9.80 Å². The lowest BCUT2D eigenvalue weighted by atomic mass is 9.75. The van der Waals surface area contributed by atoms with Crippen molar-refractivity contribution in [2.24, 2.45) is 0 Å². The van der Waals surface area contributed by atoms with Gasteiger partial charge in [-0.05, 0) is 66.2 Å². The molecule has 1 fully saturated rings. The molecule has 3 nitrogen and oxygen atoms in total. The molecule has 0 spiro atoms. The molecule has 1 unspecified atom stereocenters. The number of likely N-dealkylation sites (N-methyl/N-ethyl adjacent to an activating group) is 2. The van der Waals surface area contributed by atoms with Gasteiger partial charge >= 0.3 is 0 Å². The van der Waals surface area contributed by atoms with Crippen LogP contribution in [0.5, 0.6) is 0 Å². The average Bonchev–Trinajstić information content (AvgIpc) is 2.22. The molecule has 1 aliphatic rings. The normalized spacial score (nSPS) is 20.6. The predicted molar refractivity (Wildman–Crippen MR) is 73.3 cm³/mol. The van der Waals surface area contributed by atoms with Crippen LogP contribution in [0.25, 0.3) is 0 Å². The van der Waals surface area contributed by atoms with Crippen LogP contribution in [-0.2, 0) is 0 Å². The fourth-order valence-corrected chi connectivity index (χ4v) is 2.71. The van der Waals surface area contributed by atoms with Gasteiger partial charge in [-0.15, -0.1) is 0 Å². The first kappa shape index (κ1) is 14.9. The Labute approximate surface area is 107 Å². The molecule has 3 heteroatoms. The van der Waals surface area contributed by atoms with E-state index in [1.54, 1.807) is 0 Å². The molecule has 1 aliphatic carbocycles. The second kappa shape index (κ2) is 6.72. The van der Waals surface area contributed by atoms with Crippen molar-refractivity contribution in [3.63, 3.8) is 0 Å². The van der Waals surface area contributed by atoms with Gasteiger partial charge in [-0.3, -0.25) is 0 Å². The molecule has 1 rings (SSSR count). The van der Waals surface area contributed by atoms with Gasteiger partial charge in [0.1, 0.15) is 0 Å². The summed E-state index contributed by atoms with van der Waals surface area (Å²) in [5.74, 6) is 0. The molecule has 0 aliphatic heterocycles. The highest BCUT2D eigenvalue weighted by atomic mass is 16.3. The van der Waals surface area contributed by atoms with Gasteiger partial charge in [-0.25, -0.2) is 0 Å². The van der Waals surface area contributed by atoms with E-state index in [0.717, 1.165) is 25.8 Å². The van der Waals surface area contributed by atoms with Gasteiger partial charge in [0.2, 0.25) is 0 Å². The smallest absolute Gasteiger partial charge is 0.0538 e. The van der Waals surface area contributed by atoms with Crippen LogP contribution >= 0.6 is 0 Å². The van der Waals surface area contributed by atoms with Gasteiger partial charge in [-0.1, -0.05) is 6.92 Å². The molecule has 0 amide bonds. The molecule has 0 aromatic carbocycles. The lowest BCUT2D eigenvalue weighted by Crippen LogP contribution is -2.56. The minimum atomic E-state index is -0.102. The number of rotatable bonds is 8. The van der Waals surface area contributed by atoms with Crippen molar-refractivity contribution in [2.45, 2.75) is 57.1 Å². The Hall–Kier alpha value is -0.120. The Morgan fingerprint density at radius 3 is 2.29 bits per heavy atom. The molecule has 1 N–H and O–H groups in total. The minimum Gasteiger partial charge on any atom is -0.393 e. The largest absolute Gasteiger partial charge is 0.393 e. The summed E-state index contributed by atoms with van der Waals surface area (Å²) >= 11 is 0. The van der Waals surface area contributed by atoms with Gasteiger partial charge < -0.3 is 14.9 Å². The fraction of sp³-hybridized carbons (Fsp3) is 1.00. The topological polar surface area (TPSA) is 26.7 Å². The maximum absolute atomic E-state index is 9.52. The standard InChI is InChI=1S/C14H30N2O/c1-5-13(17)8-6-11-16(4)12-14(15(2)3)9-7-10-14/h13,17H,5-12H2,1-4H3. The van der Waals surface area contributed by atoms with Crippen LogP contribution in [0, 0.1) is 0 Å². The lowest BCUT2D eigenvalue weighted by molar-refractivity contribution is 0.0265. The molecular weight excluding hydrogens is 212 g/mol. The van der Waals surface area contributed by atoms with Crippen molar-refractivity contribution < 1.29 is 5.11 Å². The van der Waals surface area contributed by atoms with Crippen LogP contribution in [0.2, 0.25) is 0 Å². The maximum atomic E-state index is 9.52. The second-order valence-electron chi connectivity index (χ2n) is 5.91. The third-order valence-corrected chi connectivity index (χ3v) is 4.35. The molecule has 0 saturated heterocycles. The van der Waals surface area contributed by atoms with Crippen molar-refractivity contribution >= 4 is 0 Å². The quantitative estimate of drug-likeness (QED) is 0.705. The maximum Gasteiger partial charge on any atom is 0.0538 e. The highest BCUT2D eigenvalue weighted by Crippen LogP contribution is 2.36. The Balaban J connectivity index is 2.22. The summed E-state index contributed by atoms with van der Waals surface area (Å²) in [6.45, 7) is 4.32. The first-order chi connectivity index (χ1) is 8.00. The van der Waals surface area contributed by atoms with E-state index in [1.165, 1.54) is 25.8 Å². The summed E-state index contributed by atoms with van der Waals surface area (Å²) in [5, 5.41) is 9.52. The molecule has 0 heterocycles. The average molecular weight is 242 g/mol. The summed E-state index contributed by atoms with van der Waals surface area (Å²) in [5.41, 5.74) is 0.429. The molecule has 0 radical (unpaired) electrons. The SMILES string of the molecule is CCC(O)CCCN(C)CC1(N(C)C)CCC1. The van der Waals surface area contributed by atoms with E-state index in [0.29, 0.717) is 5.54 Å². The summed E-state index contributed by atoms with van der Waals surface area (Å²) in [7, 11) is 6.61. The summed E-state index contributed by atoms with van der Waals surface area (Å²) < 4.78 is 0. The van der Waals surface area contributed by atoms with Crippen LogP contribution in [0.15, 0.2) is 0 Å². The summed E-state index contributed by atoms with van der Waals surface area (Å²) in [4.78, 5) is 4.83. The van der Waals surface area contributed by atoms with E-state index in [4.69, 9.17) is 0 Å². The number of aliphatic hydroxyl groups excluding tert-OH is 1. The van der Waals surface area contributed by atoms with Gasteiger partial charge in [-0.2, -0.15) is 0 Å². The van der Waals surface area contributed by atoms with Crippen LogP contribution in [-0.4, -0.2) is 60.8 Å². The Morgan fingerprint density at radius 1 is 1.24 bits per heavy atom. The molecule has 0 aromatic heterocycles. The number of hydrogen-bond donors (Lipinski definition) is 1. The van der Waals surface area contributed by atoms with Crippen LogP contribution in [0.1, 0.15) is 45.4 Å². The third-order valence-electron chi connectivity index (χ3n) is 4.35. The van der Waals surface area contributed by atoms with E-state index >= 15 is 0 Å². The van der Waals surface area contributed by atoms with E-state index in [-0.39, 0.29) is 6.10 Å². The zero-order valence-electron chi connectivity index (χ0n) is 12.1. The van der Waals surface area contributed by atoms with Gasteiger partial charge in [0, 0.05) is 12.1 Å². The first-order valence-corrected chi connectivity index (χ1v) is 7.04. The number of aliphatic hydroxyl groups is 1. The lowest BCUT2D eigenvalue weighted by Gasteiger charge is -2.49. The van der Waals surface area contributed by atoms with E-state index < -0.39 is 0 Å². The molecule has 102 valence electrons. The van der Waals surface area contributed by atoms with Crippen LogP contribution in [0.4, 0.5) is 0 Å². The third kappa shape index (κ3) is 4.23. The Bertz CT molecular complexity index is 214. The number of nitrogens with zero attached hydrogens (tertiary/aromatic N) is 2. The summed E-state index contributed by atoms with van der Waals surface area (Å²) in [6.07, 6.45) is 6.87. The highest BCUT2D eigenvalue weighted by Gasteiger charge is 2.39. The van der Waals surface area contributed by atoms with Gasteiger partial charge in [0.25, 0.3) is 0 Å². The van der Waals surface area contributed by atoms with E-state index in [2.05, 4.69) is 30.9 Å². The molecule has 1 saturated carbocycles. The van der Waals surface area contributed by atoms with Crippen LogP contribution < -0.4 is 0 Å². The first-order valence-electron chi connectivity index (χ1n) is 7.04. The Morgan fingerprint density at radius 2 is 1.88 bits per heavy atom. The predicted octanol–water partition coefficient (Wildman–Crippen LogP) is 1.95. The molecule has 0 aromatic rings. The fourth-order valence-electron chi connectivity index (χ4n) is 2.71. The Kier molecular flexibility index (Phi) is 5.90. The molecular formula is C14H30N2O. The zero-order valence-corrected chi connectivity index (χ0v) is 12.1. The zero-order chi connectivity index (χ0) is 12.9. The number of hydrogen-bond acceptors (Lipinski definition) is 3. The van der Waals surface area contributed by atoms with Crippen molar-refractivity contribution in [3.05, 3.63) is 0 Å². The van der Waals surface area contributed by atoms with Crippen molar-refractivity contribution in [2.75, 3.05) is 34.2 Å². The van der Waals surface area contributed by atoms with Gasteiger partial charge in [0.05, 0.1) is 6.10 Å². The van der Waals surface area contributed by atoms with E-state index in [1.807, 2.05) is 6.92 Å². The monoisotopic (exact) mass is 242 g/mol. The second-order valence-corrected chi connectivity index (χ2v) is 5.91. The van der Waals surface area contributed by atoms with Crippen molar-refractivity contribution in [1.29, 1.82) is 0 Å². The van der Waals surface area contributed by atoms with Crippen molar-refractivity contribution in [3.8, 4) is 0 Å². The minimum absolute atomic E-state index is 0.102. The van der Waals surface area contributed by atoms with Gasteiger partial charge in [0.15, 0.2) is 0 Å². The molecule has 0 bridgehead atoms. The molecule has 17 heavy (non-hydrogen) atoms. The van der Waals surface area contributed by atoms with Crippen LogP contribution in [0.3, 0.4) is 0 Å². The molecule has 1 atom stereocenters. The summed E-state index contributed by atoms with van der Waals surface area (Å²) in [6, 6.07) is 0.